The Kier molecular flexibility index (Phi) is 1.96. The Labute approximate surface area is 94.5 Å². The molecule has 1 aromatic carbocycles. The van der Waals surface area contributed by atoms with E-state index in [4.69, 9.17) is 0 Å². The van der Waals surface area contributed by atoms with E-state index < -0.39 is 0 Å². The zero-order valence-electron chi connectivity index (χ0n) is 9.07. The van der Waals surface area contributed by atoms with Gasteiger partial charge < -0.3 is 10.4 Å². The molecule has 2 fully saturated rings. The van der Waals surface area contributed by atoms with Gasteiger partial charge in [-0.05, 0) is 37.0 Å². The van der Waals surface area contributed by atoms with Gasteiger partial charge in [-0.3, -0.25) is 4.79 Å². The number of rotatable bonds is 2. The second-order valence-corrected chi connectivity index (χ2v) is 5.02. The number of carbonyl (C=O) groups excluding carboxylic acids is 1. The van der Waals surface area contributed by atoms with Gasteiger partial charge in [0, 0.05) is 17.9 Å². The van der Waals surface area contributed by atoms with E-state index in [1.54, 1.807) is 12.1 Å². The van der Waals surface area contributed by atoms with Crippen LogP contribution in [-0.4, -0.2) is 17.6 Å². The first-order valence-electron chi connectivity index (χ1n) is 5.75. The van der Waals surface area contributed by atoms with Crippen LogP contribution in [-0.2, 0) is 11.2 Å². The van der Waals surface area contributed by atoms with Gasteiger partial charge >= 0.3 is 0 Å². The molecule has 0 radical (unpaired) electrons. The van der Waals surface area contributed by atoms with Crippen LogP contribution in [0.1, 0.15) is 18.4 Å². The number of fused-ring (bicyclic) bond motifs is 1. The molecule has 1 aliphatic carbocycles. The molecule has 84 valence electrons. The molecule has 1 amide bonds. The number of hydrogen-bond donors (Lipinski definition) is 2. The summed E-state index contributed by atoms with van der Waals surface area (Å²) in [4.78, 5) is 11.5. The number of amides is 1. The van der Waals surface area contributed by atoms with Crippen molar-refractivity contribution in [3.05, 3.63) is 29.8 Å². The average molecular weight is 217 g/mol. The van der Waals surface area contributed by atoms with Crippen molar-refractivity contribution in [3.8, 4) is 5.75 Å². The van der Waals surface area contributed by atoms with Gasteiger partial charge in [0.15, 0.2) is 0 Å². The molecule has 2 aliphatic rings. The van der Waals surface area contributed by atoms with Crippen molar-refractivity contribution < 1.29 is 9.90 Å². The third kappa shape index (κ3) is 1.31. The number of phenols is 1. The number of carbonyl (C=O) groups is 1. The van der Waals surface area contributed by atoms with Gasteiger partial charge in [0.25, 0.3) is 0 Å². The molecule has 1 saturated carbocycles. The Hall–Kier alpha value is -1.51. The largest absolute Gasteiger partial charge is 0.508 e. The third-order valence-corrected chi connectivity index (χ3v) is 4.07. The molecule has 1 aliphatic heterocycles. The van der Waals surface area contributed by atoms with E-state index in [9.17, 15) is 9.90 Å². The van der Waals surface area contributed by atoms with E-state index in [0.717, 1.165) is 31.4 Å². The van der Waals surface area contributed by atoms with Crippen molar-refractivity contribution in [1.82, 2.24) is 5.32 Å². The molecule has 2 N–H and O–H groups in total. The SMILES string of the molecule is O=C1NCC2(Cc3cccc(O)c3)CCC12. The van der Waals surface area contributed by atoms with Gasteiger partial charge in [-0.1, -0.05) is 12.1 Å². The Morgan fingerprint density at radius 2 is 2.38 bits per heavy atom. The smallest absolute Gasteiger partial charge is 0.223 e. The van der Waals surface area contributed by atoms with Crippen molar-refractivity contribution in [2.45, 2.75) is 19.3 Å². The number of benzene rings is 1. The van der Waals surface area contributed by atoms with Gasteiger partial charge in [0.05, 0.1) is 0 Å². The number of aromatic hydroxyl groups is 1. The molecule has 2 unspecified atom stereocenters. The quantitative estimate of drug-likeness (QED) is 0.788. The summed E-state index contributed by atoms with van der Waals surface area (Å²) in [5, 5.41) is 12.4. The van der Waals surface area contributed by atoms with Crippen molar-refractivity contribution in [2.75, 3.05) is 6.54 Å². The van der Waals surface area contributed by atoms with Crippen LogP contribution < -0.4 is 5.32 Å². The van der Waals surface area contributed by atoms with E-state index in [0.29, 0.717) is 5.75 Å². The standard InChI is InChI=1S/C13H15NO2/c15-10-3-1-2-9(6-10)7-13-5-4-11(13)12(16)14-8-13/h1-3,6,11,15H,4-5,7-8H2,(H,14,16). The van der Waals surface area contributed by atoms with Crippen LogP contribution in [0.4, 0.5) is 0 Å². The Balaban J connectivity index is 1.83. The number of nitrogens with one attached hydrogen (secondary N) is 1. The normalized spacial score (nSPS) is 31.8. The van der Waals surface area contributed by atoms with Gasteiger partial charge in [0.2, 0.25) is 5.91 Å². The van der Waals surface area contributed by atoms with E-state index in [1.165, 1.54) is 0 Å². The van der Waals surface area contributed by atoms with Crippen LogP contribution in [0.2, 0.25) is 0 Å². The van der Waals surface area contributed by atoms with Crippen molar-refractivity contribution in [3.63, 3.8) is 0 Å². The van der Waals surface area contributed by atoms with Crippen LogP contribution in [0.3, 0.4) is 0 Å². The molecule has 0 bridgehead atoms. The van der Waals surface area contributed by atoms with Crippen LogP contribution in [0.5, 0.6) is 5.75 Å². The minimum Gasteiger partial charge on any atom is -0.508 e. The topological polar surface area (TPSA) is 49.3 Å². The fourth-order valence-corrected chi connectivity index (χ4v) is 3.05. The third-order valence-electron chi connectivity index (χ3n) is 4.07. The highest BCUT2D eigenvalue weighted by Gasteiger charge is 2.54. The molecule has 0 aromatic heterocycles. The van der Waals surface area contributed by atoms with Crippen LogP contribution >= 0.6 is 0 Å². The minimum atomic E-state index is 0.130. The summed E-state index contributed by atoms with van der Waals surface area (Å²) >= 11 is 0. The molecule has 16 heavy (non-hydrogen) atoms. The summed E-state index contributed by atoms with van der Waals surface area (Å²) in [6.07, 6.45) is 3.03. The summed E-state index contributed by atoms with van der Waals surface area (Å²) < 4.78 is 0. The van der Waals surface area contributed by atoms with Gasteiger partial charge in [0.1, 0.15) is 5.75 Å². The molecule has 2 atom stereocenters. The minimum absolute atomic E-state index is 0.130. The molecule has 1 aromatic rings. The van der Waals surface area contributed by atoms with Gasteiger partial charge in [-0.2, -0.15) is 0 Å². The van der Waals surface area contributed by atoms with Crippen molar-refractivity contribution in [2.24, 2.45) is 11.3 Å². The molecular weight excluding hydrogens is 202 g/mol. The van der Waals surface area contributed by atoms with Crippen LogP contribution in [0.15, 0.2) is 24.3 Å². The maximum Gasteiger partial charge on any atom is 0.223 e. The Morgan fingerprint density at radius 1 is 1.50 bits per heavy atom. The monoisotopic (exact) mass is 217 g/mol. The predicted octanol–water partition coefficient (Wildman–Crippen LogP) is 1.46. The van der Waals surface area contributed by atoms with Crippen molar-refractivity contribution in [1.29, 1.82) is 0 Å². The molecular formula is C13H15NO2. The molecule has 3 rings (SSSR count). The maximum absolute atomic E-state index is 11.5. The molecule has 1 heterocycles. The molecule has 0 spiro atoms. The highest BCUT2D eigenvalue weighted by Crippen LogP contribution is 2.51. The second-order valence-electron chi connectivity index (χ2n) is 5.02. The van der Waals surface area contributed by atoms with Crippen LogP contribution in [0, 0.1) is 11.3 Å². The molecule has 3 heteroatoms. The molecule has 1 saturated heterocycles. The first kappa shape index (κ1) is 9.70. The zero-order valence-corrected chi connectivity index (χ0v) is 9.07. The Morgan fingerprint density at radius 3 is 3.00 bits per heavy atom. The summed E-state index contributed by atoms with van der Waals surface area (Å²) in [5.41, 5.74) is 1.26. The summed E-state index contributed by atoms with van der Waals surface area (Å²) in [7, 11) is 0. The zero-order chi connectivity index (χ0) is 11.2. The Bertz CT molecular complexity index is 443. The van der Waals surface area contributed by atoms with E-state index in [-0.39, 0.29) is 17.2 Å². The van der Waals surface area contributed by atoms with Crippen molar-refractivity contribution >= 4 is 5.91 Å². The average Bonchev–Trinajstić information content (AvgIpc) is 2.41. The maximum atomic E-state index is 11.5. The van der Waals surface area contributed by atoms with Gasteiger partial charge in [-0.15, -0.1) is 0 Å². The highest BCUT2D eigenvalue weighted by molar-refractivity contribution is 5.83. The lowest BCUT2D eigenvalue weighted by atomic mass is 9.59. The summed E-state index contributed by atoms with van der Waals surface area (Å²) in [5.74, 6) is 0.725. The first-order chi connectivity index (χ1) is 7.70. The highest BCUT2D eigenvalue weighted by atomic mass is 16.3. The fourth-order valence-electron chi connectivity index (χ4n) is 3.05. The summed E-state index contributed by atoms with van der Waals surface area (Å²) in [6, 6.07) is 7.36. The van der Waals surface area contributed by atoms with E-state index in [1.807, 2.05) is 12.1 Å². The fraction of sp³-hybridized carbons (Fsp3) is 0.462. The lowest BCUT2D eigenvalue weighted by Gasteiger charge is -2.42. The lowest BCUT2D eigenvalue weighted by Crippen LogP contribution is -2.42. The van der Waals surface area contributed by atoms with Crippen LogP contribution in [0.25, 0.3) is 0 Å². The van der Waals surface area contributed by atoms with Gasteiger partial charge in [-0.25, -0.2) is 0 Å². The lowest BCUT2D eigenvalue weighted by molar-refractivity contribution is -0.127. The molecule has 3 nitrogen and oxygen atoms in total. The summed E-state index contributed by atoms with van der Waals surface area (Å²) in [6.45, 7) is 0.798. The first-order valence-corrected chi connectivity index (χ1v) is 5.75. The number of hydrogen-bond acceptors (Lipinski definition) is 2. The second kappa shape index (κ2) is 3.24. The van der Waals surface area contributed by atoms with E-state index in [2.05, 4.69) is 5.32 Å². The predicted molar refractivity (Wildman–Crippen MR) is 60.0 cm³/mol. The number of phenolic OH excluding ortho intramolecular Hbond substituents is 1. The van der Waals surface area contributed by atoms with E-state index >= 15 is 0 Å².